The molecule has 164 valence electrons. The largest absolute Gasteiger partial charge is 0.492 e. The van der Waals surface area contributed by atoms with Crippen LogP contribution in [0.15, 0.2) is 42.6 Å². The Labute approximate surface area is 184 Å². The number of carbonyl (C=O) groups is 1. The van der Waals surface area contributed by atoms with Crippen LogP contribution in [-0.4, -0.2) is 59.0 Å². The summed E-state index contributed by atoms with van der Waals surface area (Å²) in [4.78, 5) is 24.3. The van der Waals surface area contributed by atoms with Gasteiger partial charge in [0.25, 0.3) is 0 Å². The van der Waals surface area contributed by atoms with Gasteiger partial charge in [-0.3, -0.25) is 9.69 Å². The number of nitrogens with one attached hydrogen (secondary N) is 1. The van der Waals surface area contributed by atoms with E-state index in [0.717, 1.165) is 50.4 Å². The summed E-state index contributed by atoms with van der Waals surface area (Å²) in [6, 6.07) is 12.3. The quantitative estimate of drug-likeness (QED) is 0.625. The number of benzene rings is 1. The molecular weight excluding hydrogens is 388 g/mol. The highest BCUT2D eigenvalue weighted by molar-refractivity contribution is 5.81. The van der Waals surface area contributed by atoms with Crippen LogP contribution in [0.5, 0.6) is 5.75 Å². The highest BCUT2D eigenvalue weighted by atomic mass is 16.5. The van der Waals surface area contributed by atoms with Crippen LogP contribution < -0.4 is 4.74 Å². The predicted octanol–water partition coefficient (Wildman–Crippen LogP) is 4.11. The molecule has 1 N–H and O–H groups in total. The standard InChI is InChI=1S/C25H32N4O2/c1-18-8-10-21(11-9-18)31-15-14-28(3)17-23-22-7-4-12-26-25(22)27-24(23)20-6-5-13-29(16-20)19(2)30/h4,7-12,20H,5-6,13-17H2,1-3H3,(H,26,27)/t20-/m1/s1. The van der Waals surface area contributed by atoms with Gasteiger partial charge in [-0.15, -0.1) is 0 Å². The van der Waals surface area contributed by atoms with Crippen LogP contribution in [0.3, 0.4) is 0 Å². The minimum absolute atomic E-state index is 0.158. The molecule has 0 unspecified atom stereocenters. The number of hydrogen-bond acceptors (Lipinski definition) is 4. The number of nitrogens with zero attached hydrogens (tertiary/aromatic N) is 3. The Kier molecular flexibility index (Phi) is 6.56. The maximum atomic E-state index is 11.9. The van der Waals surface area contributed by atoms with Crippen molar-refractivity contribution in [3.05, 3.63) is 59.4 Å². The van der Waals surface area contributed by atoms with E-state index in [4.69, 9.17) is 4.74 Å². The number of pyridine rings is 1. The lowest BCUT2D eigenvalue weighted by Gasteiger charge is -2.32. The van der Waals surface area contributed by atoms with Crippen LogP contribution in [0.25, 0.3) is 11.0 Å². The average Bonchev–Trinajstić information content (AvgIpc) is 3.13. The molecule has 1 fully saturated rings. The Morgan fingerprint density at radius 3 is 2.87 bits per heavy atom. The third kappa shape index (κ3) is 5.07. The fourth-order valence-corrected chi connectivity index (χ4v) is 4.42. The predicted molar refractivity (Wildman–Crippen MR) is 123 cm³/mol. The zero-order valence-corrected chi connectivity index (χ0v) is 18.7. The number of hydrogen-bond donors (Lipinski definition) is 1. The molecule has 1 aromatic carbocycles. The topological polar surface area (TPSA) is 61.5 Å². The first kappa shape index (κ1) is 21.4. The molecule has 2 aromatic heterocycles. The highest BCUT2D eigenvalue weighted by Gasteiger charge is 2.27. The molecular formula is C25H32N4O2. The van der Waals surface area contributed by atoms with E-state index in [2.05, 4.69) is 47.0 Å². The molecule has 1 aliphatic rings. The first-order chi connectivity index (χ1) is 15.0. The smallest absolute Gasteiger partial charge is 0.219 e. The van der Waals surface area contributed by atoms with Crippen molar-refractivity contribution in [3.63, 3.8) is 0 Å². The summed E-state index contributed by atoms with van der Waals surface area (Å²) >= 11 is 0. The SMILES string of the molecule is CC(=O)N1CCC[C@@H](c2[nH]c3ncccc3c2CN(C)CCOc2ccc(C)cc2)C1. The van der Waals surface area contributed by atoms with Crippen molar-refractivity contribution < 1.29 is 9.53 Å². The molecule has 0 saturated carbocycles. The maximum absolute atomic E-state index is 11.9. The van der Waals surface area contributed by atoms with Gasteiger partial charge in [0.15, 0.2) is 0 Å². The summed E-state index contributed by atoms with van der Waals surface area (Å²) in [7, 11) is 2.13. The Morgan fingerprint density at radius 1 is 1.29 bits per heavy atom. The summed E-state index contributed by atoms with van der Waals surface area (Å²) in [6.07, 6.45) is 3.95. The van der Waals surface area contributed by atoms with Gasteiger partial charge < -0.3 is 14.6 Å². The summed E-state index contributed by atoms with van der Waals surface area (Å²) < 4.78 is 5.92. The van der Waals surface area contributed by atoms with E-state index in [-0.39, 0.29) is 5.91 Å². The first-order valence-corrected chi connectivity index (χ1v) is 11.1. The van der Waals surface area contributed by atoms with Gasteiger partial charge in [-0.25, -0.2) is 4.98 Å². The van der Waals surface area contributed by atoms with Crippen molar-refractivity contribution in [1.29, 1.82) is 0 Å². The molecule has 3 heterocycles. The third-order valence-corrected chi connectivity index (χ3v) is 6.18. The molecule has 31 heavy (non-hydrogen) atoms. The van der Waals surface area contributed by atoms with Gasteiger partial charge >= 0.3 is 0 Å². The zero-order valence-electron chi connectivity index (χ0n) is 18.7. The molecule has 1 aliphatic heterocycles. The molecule has 1 atom stereocenters. The number of aromatic nitrogens is 2. The normalized spacial score (nSPS) is 16.8. The van der Waals surface area contributed by atoms with Gasteiger partial charge in [0, 0.05) is 56.3 Å². The number of fused-ring (bicyclic) bond motifs is 1. The lowest BCUT2D eigenvalue weighted by atomic mass is 9.91. The van der Waals surface area contributed by atoms with Gasteiger partial charge in [0.1, 0.15) is 18.0 Å². The average molecular weight is 421 g/mol. The van der Waals surface area contributed by atoms with E-state index in [1.165, 1.54) is 22.2 Å². The van der Waals surface area contributed by atoms with E-state index >= 15 is 0 Å². The van der Waals surface area contributed by atoms with E-state index in [1.54, 1.807) is 6.92 Å². The van der Waals surface area contributed by atoms with E-state index < -0.39 is 0 Å². The van der Waals surface area contributed by atoms with E-state index in [9.17, 15) is 4.79 Å². The van der Waals surface area contributed by atoms with Crippen LogP contribution in [0.1, 0.15) is 42.5 Å². The number of H-pyrrole nitrogens is 1. The zero-order chi connectivity index (χ0) is 21.8. The lowest BCUT2D eigenvalue weighted by Crippen LogP contribution is -2.38. The summed E-state index contributed by atoms with van der Waals surface area (Å²) in [5.74, 6) is 1.38. The molecule has 6 heteroatoms. The molecule has 0 bridgehead atoms. The van der Waals surface area contributed by atoms with Crippen LogP contribution in [0.4, 0.5) is 0 Å². The molecule has 0 aliphatic carbocycles. The van der Waals surface area contributed by atoms with Crippen molar-refractivity contribution in [2.45, 2.75) is 39.2 Å². The van der Waals surface area contributed by atoms with Crippen molar-refractivity contribution in [2.75, 3.05) is 33.3 Å². The minimum atomic E-state index is 0.158. The van der Waals surface area contributed by atoms with Crippen LogP contribution in [-0.2, 0) is 11.3 Å². The number of likely N-dealkylation sites (N-methyl/N-ethyl adjacent to an activating group) is 1. The van der Waals surface area contributed by atoms with Crippen molar-refractivity contribution in [1.82, 2.24) is 19.8 Å². The van der Waals surface area contributed by atoms with Gasteiger partial charge in [-0.05, 0) is 56.6 Å². The number of aromatic amines is 1. The fraction of sp³-hybridized carbons (Fsp3) is 0.440. The lowest BCUT2D eigenvalue weighted by molar-refractivity contribution is -0.130. The van der Waals surface area contributed by atoms with E-state index in [1.807, 2.05) is 29.3 Å². The summed E-state index contributed by atoms with van der Waals surface area (Å²) in [6.45, 7) is 7.65. The number of carbonyl (C=O) groups excluding carboxylic acids is 1. The van der Waals surface area contributed by atoms with Crippen LogP contribution in [0, 0.1) is 6.92 Å². The first-order valence-electron chi connectivity index (χ1n) is 11.1. The van der Waals surface area contributed by atoms with Gasteiger partial charge in [-0.1, -0.05) is 17.7 Å². The number of piperidine rings is 1. The molecule has 0 radical (unpaired) electrons. The van der Waals surface area contributed by atoms with Crippen molar-refractivity contribution in [3.8, 4) is 5.75 Å². The van der Waals surface area contributed by atoms with E-state index in [0.29, 0.717) is 12.5 Å². The Bertz CT molecular complexity index is 1030. The number of ether oxygens (including phenoxy) is 1. The van der Waals surface area contributed by atoms with Crippen molar-refractivity contribution in [2.24, 2.45) is 0 Å². The number of likely N-dealkylation sites (tertiary alicyclic amines) is 1. The number of aryl methyl sites for hydroxylation is 1. The maximum Gasteiger partial charge on any atom is 0.219 e. The van der Waals surface area contributed by atoms with Crippen molar-refractivity contribution >= 4 is 16.9 Å². The molecule has 4 rings (SSSR count). The second kappa shape index (κ2) is 9.52. The van der Waals surface area contributed by atoms with Gasteiger partial charge in [0.2, 0.25) is 5.91 Å². The van der Waals surface area contributed by atoms with Gasteiger partial charge in [0.05, 0.1) is 0 Å². The second-order valence-corrected chi connectivity index (χ2v) is 8.62. The summed E-state index contributed by atoms with van der Waals surface area (Å²) in [5.41, 5.74) is 4.68. The summed E-state index contributed by atoms with van der Waals surface area (Å²) in [5, 5.41) is 1.17. The third-order valence-electron chi connectivity index (χ3n) is 6.18. The molecule has 0 spiro atoms. The molecule has 3 aromatic rings. The molecule has 1 saturated heterocycles. The van der Waals surface area contributed by atoms with Gasteiger partial charge in [-0.2, -0.15) is 0 Å². The van der Waals surface area contributed by atoms with Crippen LogP contribution >= 0.6 is 0 Å². The monoisotopic (exact) mass is 420 g/mol. The van der Waals surface area contributed by atoms with Crippen LogP contribution in [0.2, 0.25) is 0 Å². The molecule has 6 nitrogen and oxygen atoms in total. The molecule has 1 amide bonds. The second-order valence-electron chi connectivity index (χ2n) is 8.62. The Balaban J connectivity index is 1.47. The fourth-order valence-electron chi connectivity index (χ4n) is 4.42. The number of rotatable bonds is 7. The Hall–Kier alpha value is -2.86. The Morgan fingerprint density at radius 2 is 2.10 bits per heavy atom. The highest BCUT2D eigenvalue weighted by Crippen LogP contribution is 2.33. The number of amides is 1. The minimum Gasteiger partial charge on any atom is -0.492 e.